The first-order valence-corrected chi connectivity index (χ1v) is 14.1. The number of hydrogen-bond acceptors (Lipinski definition) is 4. The smallest absolute Gasteiger partial charge is 0.176 e. The van der Waals surface area contributed by atoms with Crippen LogP contribution in [0.25, 0.3) is 0 Å². The zero-order valence-electron chi connectivity index (χ0n) is 18.9. The minimum atomic E-state index is -1.35. The van der Waals surface area contributed by atoms with Crippen LogP contribution in [-0.2, 0) is 0 Å². The van der Waals surface area contributed by atoms with Gasteiger partial charge in [0, 0.05) is 24.8 Å². The molecule has 2 aromatic carbocycles. The molecule has 4 rings (SSSR count). The van der Waals surface area contributed by atoms with Gasteiger partial charge in [-0.05, 0) is 115 Å². The quantitative estimate of drug-likeness (QED) is 0.0765. The SMILES string of the molecule is Fc1c(F)c(I)c(F)c(F)c1I.Fc1c(F)c(I)c(F)c(F)c1I.N#Cc1ccncc1.N#Cc1ccncc1. The van der Waals surface area contributed by atoms with Gasteiger partial charge in [0.15, 0.2) is 46.5 Å². The highest BCUT2D eigenvalue weighted by Crippen LogP contribution is 2.27. The van der Waals surface area contributed by atoms with Crippen LogP contribution >= 0.6 is 90.4 Å². The molecule has 208 valence electrons. The van der Waals surface area contributed by atoms with Crippen molar-refractivity contribution in [1.29, 1.82) is 10.5 Å². The maximum absolute atomic E-state index is 12.6. The molecule has 0 aliphatic carbocycles. The van der Waals surface area contributed by atoms with Crippen LogP contribution in [0.15, 0.2) is 49.1 Å². The third-order valence-electron chi connectivity index (χ3n) is 3.93. The standard InChI is InChI=1S/2C6F4I2.2C6H4N2/c2*7-1-2(8)6(12)4(10)3(9)5(1)11;2*7-5-6-1-3-8-4-2-6/h;;2*1-4H. The predicted molar refractivity (Wildman–Crippen MR) is 161 cm³/mol. The van der Waals surface area contributed by atoms with Gasteiger partial charge >= 0.3 is 0 Å². The number of hydrogen-bond donors (Lipinski definition) is 0. The van der Waals surface area contributed by atoms with Crippen LogP contribution in [0.3, 0.4) is 0 Å². The van der Waals surface area contributed by atoms with E-state index in [-0.39, 0.29) is 0 Å². The second kappa shape index (κ2) is 17.8. The topological polar surface area (TPSA) is 73.4 Å². The molecule has 0 aliphatic heterocycles. The van der Waals surface area contributed by atoms with E-state index in [1.54, 1.807) is 49.1 Å². The normalized spacial score (nSPS) is 9.45. The Kier molecular flexibility index (Phi) is 16.1. The Morgan fingerprint density at radius 3 is 0.725 bits per heavy atom. The molecule has 0 amide bonds. The number of rotatable bonds is 0. The second-order valence-electron chi connectivity index (χ2n) is 6.46. The Morgan fingerprint density at radius 1 is 0.425 bits per heavy atom. The van der Waals surface area contributed by atoms with Crippen LogP contribution in [0, 0.1) is 83.5 Å². The molecule has 4 nitrogen and oxygen atoms in total. The lowest BCUT2D eigenvalue weighted by molar-refractivity contribution is 0.437. The van der Waals surface area contributed by atoms with E-state index in [2.05, 4.69) is 9.97 Å². The van der Waals surface area contributed by atoms with Crippen LogP contribution < -0.4 is 0 Å². The third-order valence-corrected chi connectivity index (χ3v) is 7.72. The molecule has 40 heavy (non-hydrogen) atoms. The average Bonchev–Trinajstić information content (AvgIpc) is 3.00. The van der Waals surface area contributed by atoms with Crippen molar-refractivity contribution in [2.24, 2.45) is 0 Å². The van der Waals surface area contributed by atoms with Crippen LogP contribution in [0.2, 0.25) is 0 Å². The van der Waals surface area contributed by atoms with Gasteiger partial charge < -0.3 is 0 Å². The average molecular weight is 1010 g/mol. The van der Waals surface area contributed by atoms with Gasteiger partial charge in [-0.1, -0.05) is 0 Å². The van der Waals surface area contributed by atoms with E-state index in [4.69, 9.17) is 10.5 Å². The highest BCUT2D eigenvalue weighted by Gasteiger charge is 2.22. The first-order valence-electron chi connectivity index (χ1n) is 9.74. The molecule has 0 saturated carbocycles. The van der Waals surface area contributed by atoms with Crippen molar-refractivity contribution in [3.05, 3.63) is 121 Å². The van der Waals surface area contributed by atoms with Crippen LogP contribution in [-0.4, -0.2) is 9.97 Å². The van der Waals surface area contributed by atoms with E-state index in [0.717, 1.165) is 0 Å². The van der Waals surface area contributed by atoms with Crippen molar-refractivity contribution < 1.29 is 35.1 Å². The van der Waals surface area contributed by atoms with Crippen molar-refractivity contribution in [3.63, 3.8) is 0 Å². The summed E-state index contributed by atoms with van der Waals surface area (Å²) < 4.78 is 98.5. The summed E-state index contributed by atoms with van der Waals surface area (Å²) in [6.45, 7) is 0. The number of nitrogens with zero attached hydrogens (tertiary/aromatic N) is 4. The predicted octanol–water partition coefficient (Wildman–Crippen LogP) is 8.81. The maximum Gasteiger partial charge on any atom is 0.176 e. The molecule has 2 aromatic heterocycles. The summed E-state index contributed by atoms with van der Waals surface area (Å²) in [7, 11) is 0. The summed E-state index contributed by atoms with van der Waals surface area (Å²) in [4.78, 5) is 7.48. The zero-order chi connectivity index (χ0) is 30.6. The van der Waals surface area contributed by atoms with Gasteiger partial charge in [-0.2, -0.15) is 10.5 Å². The summed E-state index contributed by atoms with van der Waals surface area (Å²) in [6.07, 6.45) is 6.38. The first-order chi connectivity index (χ1) is 18.8. The molecule has 0 unspecified atom stereocenters. The summed E-state index contributed by atoms with van der Waals surface area (Å²) in [6, 6.07) is 10.6. The van der Waals surface area contributed by atoms with E-state index in [1.807, 2.05) is 12.1 Å². The Hall–Kier alpha value is -1.92. The largest absolute Gasteiger partial charge is 0.265 e. The molecule has 0 bridgehead atoms. The minimum Gasteiger partial charge on any atom is -0.265 e. The number of benzene rings is 2. The molecule has 0 N–H and O–H groups in total. The van der Waals surface area contributed by atoms with Gasteiger partial charge in [0.2, 0.25) is 0 Å². The van der Waals surface area contributed by atoms with Gasteiger partial charge in [0.05, 0.1) is 37.5 Å². The van der Waals surface area contributed by atoms with Gasteiger partial charge in [0.25, 0.3) is 0 Å². The molecule has 0 aliphatic rings. The molecular weight excluding hydrogens is 1000 g/mol. The fourth-order valence-electron chi connectivity index (χ4n) is 2.01. The number of aromatic nitrogens is 2. The van der Waals surface area contributed by atoms with Crippen LogP contribution in [0.5, 0.6) is 0 Å². The summed E-state index contributed by atoms with van der Waals surface area (Å²) in [5.74, 6) is -10.8. The molecule has 4 aromatic rings. The molecule has 16 heteroatoms. The second-order valence-corrected chi connectivity index (χ2v) is 10.8. The molecule has 0 radical (unpaired) electrons. The summed E-state index contributed by atoms with van der Waals surface area (Å²) >= 11 is 4.81. The minimum absolute atomic E-state index is 0.653. The molecular formula is C24H8F8I4N4. The van der Waals surface area contributed by atoms with E-state index < -0.39 is 60.8 Å². The van der Waals surface area contributed by atoms with Gasteiger partial charge in [-0.3, -0.25) is 9.97 Å². The monoisotopic (exact) mass is 1010 g/mol. The molecule has 2 heterocycles. The Balaban J connectivity index is 0.000000271. The van der Waals surface area contributed by atoms with Crippen molar-refractivity contribution in [2.75, 3.05) is 0 Å². The van der Waals surface area contributed by atoms with E-state index in [9.17, 15) is 35.1 Å². The third kappa shape index (κ3) is 10.2. The first kappa shape index (κ1) is 36.1. The highest BCUT2D eigenvalue weighted by molar-refractivity contribution is 14.1. The summed E-state index contributed by atoms with van der Waals surface area (Å²) in [5, 5.41) is 16.5. The van der Waals surface area contributed by atoms with Crippen LogP contribution in [0.4, 0.5) is 35.1 Å². The van der Waals surface area contributed by atoms with E-state index in [0.29, 0.717) is 11.1 Å². The Bertz CT molecular complexity index is 1220. The summed E-state index contributed by atoms with van der Waals surface area (Å²) in [5.41, 5.74) is 1.31. The van der Waals surface area contributed by atoms with Gasteiger partial charge in [0.1, 0.15) is 0 Å². The lowest BCUT2D eigenvalue weighted by Gasteiger charge is -2.02. The van der Waals surface area contributed by atoms with Gasteiger partial charge in [-0.15, -0.1) is 0 Å². The van der Waals surface area contributed by atoms with Gasteiger partial charge in [-0.25, -0.2) is 35.1 Å². The van der Waals surface area contributed by atoms with E-state index in [1.165, 1.54) is 90.4 Å². The molecule has 0 saturated heterocycles. The lowest BCUT2D eigenvalue weighted by Crippen LogP contribution is -2.02. The zero-order valence-corrected chi connectivity index (χ0v) is 27.6. The van der Waals surface area contributed by atoms with Crippen LogP contribution in [0.1, 0.15) is 11.1 Å². The number of nitriles is 2. The van der Waals surface area contributed by atoms with Crippen molar-refractivity contribution in [1.82, 2.24) is 9.97 Å². The lowest BCUT2D eigenvalue weighted by atomic mass is 10.3. The van der Waals surface area contributed by atoms with Crippen molar-refractivity contribution >= 4 is 90.4 Å². The molecule has 0 spiro atoms. The number of halogens is 12. The fraction of sp³-hybridized carbons (Fsp3) is 0. The number of pyridine rings is 2. The maximum atomic E-state index is 12.6. The Labute approximate surface area is 276 Å². The van der Waals surface area contributed by atoms with Crippen molar-refractivity contribution in [2.45, 2.75) is 0 Å². The molecule has 0 atom stereocenters. The Morgan fingerprint density at radius 2 is 0.600 bits per heavy atom. The van der Waals surface area contributed by atoms with E-state index >= 15 is 0 Å². The highest BCUT2D eigenvalue weighted by atomic mass is 127. The van der Waals surface area contributed by atoms with Crippen molar-refractivity contribution in [3.8, 4) is 12.1 Å². The fourth-order valence-corrected chi connectivity index (χ4v) is 3.90. The molecule has 0 fully saturated rings.